The van der Waals surface area contributed by atoms with Gasteiger partial charge in [-0.3, -0.25) is 9.59 Å². The van der Waals surface area contributed by atoms with Crippen molar-refractivity contribution in [2.75, 3.05) is 53.7 Å². The number of H-pyrrole nitrogens is 2. The SMILES string of the molecule is COC(=O)N[C@H](C(=O)N1CCC[C@H]1c1nc(-c2ccc3nc(-c4ccc(-c5cnc([C@@H]6CCCN6C(=O)[C@@H](NC(=O)OC)C6CCOCC6)[nH]5)c(F)c4)ccc3c2)c[nH]1)C1CCOCC1. The number of fused-ring (bicyclic) bond motifs is 1. The lowest BCUT2D eigenvalue weighted by Gasteiger charge is -2.34. The van der Waals surface area contributed by atoms with E-state index in [0.29, 0.717) is 106 Å². The summed E-state index contributed by atoms with van der Waals surface area (Å²) in [5.74, 6) is 0.306. The van der Waals surface area contributed by atoms with E-state index in [2.05, 4.69) is 25.6 Å². The Bertz CT molecular complexity index is 2540. The van der Waals surface area contributed by atoms with Crippen LogP contribution < -0.4 is 10.6 Å². The maximum Gasteiger partial charge on any atom is 0.407 e. The lowest BCUT2D eigenvalue weighted by atomic mass is 9.90. The Hall–Kier alpha value is -6.40. The second-order valence-electron chi connectivity index (χ2n) is 17.2. The first kappa shape index (κ1) is 43.8. The smallest absolute Gasteiger partial charge is 0.407 e. The van der Waals surface area contributed by atoms with Gasteiger partial charge >= 0.3 is 12.2 Å². The molecule has 0 bridgehead atoms. The van der Waals surface area contributed by atoms with E-state index >= 15 is 4.39 Å². The molecule has 2 aromatic carbocycles. The highest BCUT2D eigenvalue weighted by molar-refractivity contribution is 5.88. The molecule has 4 N–H and O–H groups in total. The highest BCUT2D eigenvalue weighted by Crippen LogP contribution is 2.37. The largest absolute Gasteiger partial charge is 0.453 e. The van der Waals surface area contributed by atoms with E-state index in [1.807, 2.05) is 47.5 Å². The maximum absolute atomic E-state index is 15.9. The van der Waals surface area contributed by atoms with Gasteiger partial charge in [0.25, 0.3) is 0 Å². The van der Waals surface area contributed by atoms with Crippen LogP contribution in [0.15, 0.2) is 60.9 Å². The zero-order chi connectivity index (χ0) is 45.0. The molecule has 0 unspecified atom stereocenters. The highest BCUT2D eigenvalue weighted by Gasteiger charge is 2.42. The zero-order valence-corrected chi connectivity index (χ0v) is 36.5. The number of ether oxygens (including phenoxy) is 4. The fourth-order valence-electron chi connectivity index (χ4n) is 9.86. The van der Waals surface area contributed by atoms with Crippen molar-refractivity contribution in [3.63, 3.8) is 0 Å². The standard InChI is InChI=1S/C47H54FN9O8/c1-62-46(60)54-40(27-13-19-64-20-14-27)44(58)56-17-3-5-38(56)42-49-25-36(52-42)30-9-12-34-29(23-30)8-11-35(51-34)31-7-10-32(33(48)24-31)37-26-50-43(53-37)39-6-4-18-57(39)45(59)41(55-47(61)63-2)28-15-21-65-22-16-28/h7-12,23-28,38-41H,3-6,13-22H2,1-2H3,(H,49,52)(H,50,53)(H,54,60)(H,55,61)/t38-,39-,40-,41-/m0/s1. The molecular formula is C47H54FN9O8. The van der Waals surface area contributed by atoms with Crippen molar-refractivity contribution in [1.29, 1.82) is 0 Å². The summed E-state index contributed by atoms with van der Waals surface area (Å²) in [7, 11) is 2.57. The lowest BCUT2D eigenvalue weighted by Crippen LogP contribution is -2.53. The van der Waals surface area contributed by atoms with Crippen LogP contribution in [0.4, 0.5) is 14.0 Å². The number of hydrogen-bond acceptors (Lipinski definition) is 11. The molecule has 4 saturated heterocycles. The Morgan fingerprint density at radius 3 is 1.91 bits per heavy atom. The quantitative estimate of drug-likeness (QED) is 0.113. The Balaban J connectivity index is 0.877. The number of methoxy groups -OCH3 is 2. The summed E-state index contributed by atoms with van der Waals surface area (Å²) >= 11 is 0. The summed E-state index contributed by atoms with van der Waals surface area (Å²) in [6.45, 7) is 3.18. The van der Waals surface area contributed by atoms with Crippen LogP contribution in [-0.4, -0.2) is 125 Å². The van der Waals surface area contributed by atoms with E-state index in [9.17, 15) is 19.2 Å². The number of aromatic nitrogens is 5. The number of nitrogens with zero attached hydrogens (tertiary/aromatic N) is 5. The molecule has 4 amide bonds. The predicted octanol–water partition coefficient (Wildman–Crippen LogP) is 6.45. The first-order valence-electron chi connectivity index (χ1n) is 22.5. The molecule has 342 valence electrons. The number of amides is 4. The summed E-state index contributed by atoms with van der Waals surface area (Å²) in [6.07, 6.45) is 7.76. The van der Waals surface area contributed by atoms with Crippen molar-refractivity contribution in [1.82, 2.24) is 45.4 Å². The van der Waals surface area contributed by atoms with Crippen LogP contribution in [0.25, 0.3) is 44.7 Å². The first-order valence-corrected chi connectivity index (χ1v) is 22.5. The van der Waals surface area contributed by atoms with Gasteiger partial charge < -0.3 is 49.3 Å². The van der Waals surface area contributed by atoms with E-state index in [1.165, 1.54) is 20.3 Å². The third-order valence-electron chi connectivity index (χ3n) is 13.4. The van der Waals surface area contributed by atoms with E-state index in [4.69, 9.17) is 28.9 Å². The molecule has 0 radical (unpaired) electrons. The Morgan fingerprint density at radius 1 is 0.723 bits per heavy atom. The number of carbonyl (C=O) groups is 4. The minimum absolute atomic E-state index is 0.0545. The fraction of sp³-hybridized carbons (Fsp3) is 0.468. The number of alkyl carbamates (subject to hydrolysis) is 2. The van der Waals surface area contributed by atoms with E-state index in [0.717, 1.165) is 41.4 Å². The number of imidazole rings is 2. The van der Waals surface area contributed by atoms with Crippen molar-refractivity contribution in [2.24, 2.45) is 11.8 Å². The number of nitrogens with one attached hydrogen (secondary N) is 4. The third-order valence-corrected chi connectivity index (χ3v) is 13.4. The molecule has 4 fully saturated rings. The van der Waals surface area contributed by atoms with E-state index in [1.54, 1.807) is 17.2 Å². The van der Waals surface area contributed by atoms with Gasteiger partial charge in [0, 0.05) is 67.8 Å². The van der Waals surface area contributed by atoms with Gasteiger partial charge in [-0.05, 0) is 93.5 Å². The van der Waals surface area contributed by atoms with Gasteiger partial charge in [0.2, 0.25) is 11.8 Å². The molecule has 4 aliphatic rings. The highest BCUT2D eigenvalue weighted by atomic mass is 19.1. The number of pyridine rings is 1. The average Bonchev–Trinajstić information content (AvgIpc) is 4.20. The van der Waals surface area contributed by atoms with Crippen molar-refractivity contribution >= 4 is 34.9 Å². The van der Waals surface area contributed by atoms with Gasteiger partial charge in [0.15, 0.2) is 0 Å². The fourth-order valence-corrected chi connectivity index (χ4v) is 9.86. The molecule has 17 nitrogen and oxygen atoms in total. The van der Waals surface area contributed by atoms with Crippen LogP contribution in [0.3, 0.4) is 0 Å². The second kappa shape index (κ2) is 19.4. The van der Waals surface area contributed by atoms with Gasteiger partial charge in [-0.2, -0.15) is 0 Å². The summed E-state index contributed by atoms with van der Waals surface area (Å²) in [6, 6.07) is 12.6. The lowest BCUT2D eigenvalue weighted by molar-refractivity contribution is -0.137. The average molecular weight is 892 g/mol. The summed E-state index contributed by atoms with van der Waals surface area (Å²) in [5, 5.41) is 6.45. The van der Waals surface area contributed by atoms with Crippen molar-refractivity contribution in [3.05, 3.63) is 78.4 Å². The minimum atomic E-state index is -0.753. The number of hydrogen-bond donors (Lipinski definition) is 4. The topological polar surface area (TPSA) is 206 Å². The first-order chi connectivity index (χ1) is 31.7. The molecule has 7 heterocycles. The number of carbonyl (C=O) groups excluding carboxylic acids is 4. The van der Waals surface area contributed by atoms with Gasteiger partial charge in [0.1, 0.15) is 29.5 Å². The number of benzene rings is 2. The third kappa shape index (κ3) is 9.27. The van der Waals surface area contributed by atoms with E-state index in [-0.39, 0.29) is 35.7 Å². The van der Waals surface area contributed by atoms with Crippen LogP contribution in [0.1, 0.15) is 75.1 Å². The Morgan fingerprint density at radius 2 is 1.31 bits per heavy atom. The molecule has 0 aliphatic carbocycles. The normalized spacial score (nSPS) is 20.4. The maximum atomic E-state index is 15.9. The van der Waals surface area contributed by atoms with Gasteiger partial charge in [-0.25, -0.2) is 28.9 Å². The minimum Gasteiger partial charge on any atom is -0.453 e. The Kier molecular flexibility index (Phi) is 13.1. The molecule has 5 aromatic rings. The van der Waals surface area contributed by atoms with Crippen LogP contribution >= 0.6 is 0 Å². The summed E-state index contributed by atoms with van der Waals surface area (Å²) in [4.78, 5) is 77.1. The number of halogens is 1. The molecule has 65 heavy (non-hydrogen) atoms. The number of aromatic amines is 2. The molecule has 4 aliphatic heterocycles. The second-order valence-corrected chi connectivity index (χ2v) is 17.2. The molecule has 0 saturated carbocycles. The van der Waals surface area contributed by atoms with Crippen LogP contribution in [0, 0.1) is 17.7 Å². The van der Waals surface area contributed by atoms with Gasteiger partial charge in [-0.1, -0.05) is 18.2 Å². The van der Waals surface area contributed by atoms with Crippen LogP contribution in [-0.2, 0) is 28.5 Å². The molecule has 9 rings (SSSR count). The molecule has 0 spiro atoms. The van der Waals surface area contributed by atoms with Gasteiger partial charge in [0.05, 0.1) is 55.1 Å². The number of rotatable bonds is 11. The molecular weight excluding hydrogens is 838 g/mol. The van der Waals surface area contributed by atoms with Gasteiger partial charge in [-0.15, -0.1) is 0 Å². The zero-order valence-electron chi connectivity index (χ0n) is 36.5. The molecule has 4 atom stereocenters. The summed E-state index contributed by atoms with van der Waals surface area (Å²) in [5.41, 5.74) is 4.35. The van der Waals surface area contributed by atoms with Crippen molar-refractivity contribution in [3.8, 4) is 33.8 Å². The van der Waals surface area contributed by atoms with Crippen molar-refractivity contribution < 1.29 is 42.5 Å². The van der Waals surface area contributed by atoms with Crippen LogP contribution in [0.5, 0.6) is 0 Å². The molecule has 3 aromatic heterocycles. The molecule has 18 heteroatoms. The summed E-state index contributed by atoms with van der Waals surface area (Å²) < 4.78 is 36.7. The predicted molar refractivity (Wildman–Crippen MR) is 235 cm³/mol. The van der Waals surface area contributed by atoms with E-state index < -0.39 is 30.1 Å². The number of likely N-dealkylation sites (tertiary alicyclic amines) is 2. The van der Waals surface area contributed by atoms with Crippen molar-refractivity contribution in [2.45, 2.75) is 75.5 Å². The van der Waals surface area contributed by atoms with Crippen LogP contribution in [0.2, 0.25) is 0 Å². The Labute approximate surface area is 375 Å². The monoisotopic (exact) mass is 891 g/mol.